The van der Waals surface area contributed by atoms with Crippen molar-refractivity contribution in [2.75, 3.05) is 18.1 Å². The van der Waals surface area contributed by atoms with Crippen LogP contribution in [0.15, 0.2) is 42.5 Å². The summed E-state index contributed by atoms with van der Waals surface area (Å²) in [7, 11) is 0. The van der Waals surface area contributed by atoms with Crippen LogP contribution in [0.25, 0.3) is 10.8 Å². The first-order chi connectivity index (χ1) is 10.3. The van der Waals surface area contributed by atoms with Crippen LogP contribution in [0.5, 0.6) is 0 Å². The summed E-state index contributed by atoms with van der Waals surface area (Å²) in [5.41, 5.74) is 1.42. The molecular formula is C19H27NS. The van der Waals surface area contributed by atoms with Gasteiger partial charge in [-0.3, -0.25) is 0 Å². The molecule has 114 valence electrons. The molecule has 2 aromatic carbocycles. The van der Waals surface area contributed by atoms with E-state index in [2.05, 4.69) is 73.4 Å². The molecule has 0 fully saturated rings. The zero-order valence-corrected chi connectivity index (χ0v) is 14.1. The second-order valence-electron chi connectivity index (χ2n) is 5.54. The maximum absolute atomic E-state index is 3.71. The topological polar surface area (TPSA) is 12.0 Å². The van der Waals surface area contributed by atoms with Crippen molar-refractivity contribution in [2.45, 2.75) is 39.2 Å². The fourth-order valence-electron chi connectivity index (χ4n) is 2.46. The molecule has 0 radical (unpaired) electrons. The third-order valence-corrected chi connectivity index (χ3v) is 4.89. The van der Waals surface area contributed by atoms with Crippen LogP contribution in [0.3, 0.4) is 0 Å². The van der Waals surface area contributed by atoms with E-state index in [1.165, 1.54) is 47.1 Å². The molecule has 1 unspecified atom stereocenters. The van der Waals surface area contributed by atoms with Crippen LogP contribution >= 0.6 is 11.8 Å². The number of fused-ring (bicyclic) bond motifs is 1. The number of thioether (sulfide) groups is 1. The van der Waals surface area contributed by atoms with Gasteiger partial charge in [0.2, 0.25) is 0 Å². The van der Waals surface area contributed by atoms with Crippen LogP contribution in [0, 0.1) is 0 Å². The summed E-state index contributed by atoms with van der Waals surface area (Å²) >= 11 is 2.07. The molecule has 2 heteroatoms. The lowest BCUT2D eigenvalue weighted by Gasteiger charge is -2.19. The number of rotatable bonds is 9. The second-order valence-corrected chi connectivity index (χ2v) is 6.69. The minimum absolute atomic E-state index is 0.469. The van der Waals surface area contributed by atoms with Crippen molar-refractivity contribution in [2.24, 2.45) is 0 Å². The lowest BCUT2D eigenvalue weighted by molar-refractivity contribution is 0.578. The van der Waals surface area contributed by atoms with E-state index in [-0.39, 0.29) is 0 Å². The first-order valence-electron chi connectivity index (χ1n) is 8.15. The summed E-state index contributed by atoms with van der Waals surface area (Å²) in [6.45, 7) is 5.58. The molecule has 0 amide bonds. The number of hydrogen-bond donors (Lipinski definition) is 1. The quantitative estimate of drug-likeness (QED) is 0.621. The minimum atomic E-state index is 0.469. The summed E-state index contributed by atoms with van der Waals surface area (Å²) in [5.74, 6) is 2.44. The van der Waals surface area contributed by atoms with Crippen molar-refractivity contribution in [3.05, 3.63) is 48.0 Å². The van der Waals surface area contributed by atoms with Gasteiger partial charge >= 0.3 is 0 Å². The van der Waals surface area contributed by atoms with Crippen molar-refractivity contribution >= 4 is 22.5 Å². The predicted octanol–water partition coefficient (Wildman–Crippen LogP) is 5.41. The lowest BCUT2D eigenvalue weighted by atomic mass is 10.0. The van der Waals surface area contributed by atoms with Gasteiger partial charge < -0.3 is 5.32 Å². The average molecular weight is 301 g/mol. The highest BCUT2D eigenvalue weighted by Crippen LogP contribution is 2.23. The van der Waals surface area contributed by atoms with Gasteiger partial charge in [-0.15, -0.1) is 0 Å². The van der Waals surface area contributed by atoms with Gasteiger partial charge in [0.15, 0.2) is 0 Å². The Labute approximate surface area is 133 Å². The Hall–Kier alpha value is -0.990. The molecule has 2 rings (SSSR count). The summed E-state index contributed by atoms with van der Waals surface area (Å²) in [6.07, 6.45) is 3.79. The molecule has 0 aliphatic heterocycles. The van der Waals surface area contributed by atoms with E-state index in [1.807, 2.05) is 0 Å². The first-order valence-corrected chi connectivity index (χ1v) is 9.30. The third-order valence-electron chi connectivity index (χ3n) is 3.74. The monoisotopic (exact) mass is 301 g/mol. The molecule has 1 N–H and O–H groups in total. The number of nitrogens with one attached hydrogen (secondary N) is 1. The molecule has 0 heterocycles. The molecule has 0 aromatic heterocycles. The first kappa shape index (κ1) is 16.4. The van der Waals surface area contributed by atoms with Gasteiger partial charge in [-0.1, -0.05) is 56.7 Å². The zero-order chi connectivity index (χ0) is 14.9. The second kappa shape index (κ2) is 9.11. The highest BCUT2D eigenvalue weighted by molar-refractivity contribution is 7.99. The van der Waals surface area contributed by atoms with Gasteiger partial charge in [0, 0.05) is 11.8 Å². The van der Waals surface area contributed by atoms with Crippen LogP contribution in [0.2, 0.25) is 0 Å². The van der Waals surface area contributed by atoms with E-state index < -0.39 is 0 Å². The standard InChI is InChI=1S/C19H27NS/c1-3-5-13-21-15-19(20-12-4-2)18-11-10-16-8-6-7-9-17(16)14-18/h6-11,14,19-20H,3-5,12-13,15H2,1-2H3. The van der Waals surface area contributed by atoms with Gasteiger partial charge in [0.25, 0.3) is 0 Å². The fraction of sp³-hybridized carbons (Fsp3) is 0.474. The molecule has 0 aliphatic carbocycles. The molecule has 0 saturated carbocycles. The molecule has 0 aliphatic rings. The number of hydrogen-bond acceptors (Lipinski definition) is 2. The van der Waals surface area contributed by atoms with Gasteiger partial charge in [-0.2, -0.15) is 11.8 Å². The van der Waals surface area contributed by atoms with Crippen molar-refractivity contribution in [3.8, 4) is 0 Å². The maximum Gasteiger partial charge on any atom is 0.0412 e. The van der Waals surface area contributed by atoms with E-state index in [4.69, 9.17) is 0 Å². The maximum atomic E-state index is 3.71. The van der Waals surface area contributed by atoms with Crippen LogP contribution in [-0.2, 0) is 0 Å². The fourth-order valence-corrected chi connectivity index (χ4v) is 3.67. The summed E-state index contributed by atoms with van der Waals surface area (Å²) < 4.78 is 0. The zero-order valence-electron chi connectivity index (χ0n) is 13.3. The van der Waals surface area contributed by atoms with Gasteiger partial charge in [0.05, 0.1) is 0 Å². The summed E-state index contributed by atoms with van der Waals surface area (Å²) in [4.78, 5) is 0. The van der Waals surface area contributed by atoms with Crippen LogP contribution in [0.4, 0.5) is 0 Å². The Morgan fingerprint density at radius 3 is 2.57 bits per heavy atom. The molecular weight excluding hydrogens is 274 g/mol. The normalized spacial score (nSPS) is 12.7. The Morgan fingerprint density at radius 2 is 1.81 bits per heavy atom. The highest BCUT2D eigenvalue weighted by atomic mass is 32.2. The Kier molecular flexibility index (Phi) is 7.11. The Bertz CT molecular complexity index is 538. The largest absolute Gasteiger partial charge is 0.309 e. The Morgan fingerprint density at radius 1 is 1.00 bits per heavy atom. The van der Waals surface area contributed by atoms with E-state index in [1.54, 1.807) is 0 Å². The molecule has 2 aromatic rings. The highest BCUT2D eigenvalue weighted by Gasteiger charge is 2.11. The molecule has 21 heavy (non-hydrogen) atoms. The van der Waals surface area contributed by atoms with Crippen LogP contribution in [-0.4, -0.2) is 18.1 Å². The predicted molar refractivity (Wildman–Crippen MR) is 97.2 cm³/mol. The SMILES string of the molecule is CCCCSCC(NCCC)c1ccc2ccccc2c1. The molecule has 1 atom stereocenters. The van der Waals surface area contributed by atoms with Crippen molar-refractivity contribution in [1.29, 1.82) is 0 Å². The van der Waals surface area contributed by atoms with Gasteiger partial charge in [0.1, 0.15) is 0 Å². The third kappa shape index (κ3) is 5.05. The summed E-state index contributed by atoms with van der Waals surface area (Å²) in [6, 6.07) is 16.0. The lowest BCUT2D eigenvalue weighted by Crippen LogP contribution is -2.24. The Balaban J connectivity index is 2.08. The number of benzene rings is 2. The smallest absolute Gasteiger partial charge is 0.0412 e. The molecule has 0 spiro atoms. The minimum Gasteiger partial charge on any atom is -0.309 e. The van der Waals surface area contributed by atoms with E-state index in [9.17, 15) is 0 Å². The van der Waals surface area contributed by atoms with E-state index in [0.29, 0.717) is 6.04 Å². The van der Waals surface area contributed by atoms with Crippen LogP contribution in [0.1, 0.15) is 44.7 Å². The molecule has 1 nitrogen and oxygen atoms in total. The average Bonchev–Trinajstić information content (AvgIpc) is 2.54. The molecule has 0 saturated heterocycles. The van der Waals surface area contributed by atoms with Crippen molar-refractivity contribution in [3.63, 3.8) is 0 Å². The van der Waals surface area contributed by atoms with E-state index >= 15 is 0 Å². The van der Waals surface area contributed by atoms with Crippen molar-refractivity contribution < 1.29 is 0 Å². The van der Waals surface area contributed by atoms with Gasteiger partial charge in [-0.05, 0) is 47.5 Å². The number of unbranched alkanes of at least 4 members (excludes halogenated alkanes) is 1. The van der Waals surface area contributed by atoms with E-state index in [0.717, 1.165) is 6.54 Å². The van der Waals surface area contributed by atoms with Crippen molar-refractivity contribution in [1.82, 2.24) is 5.32 Å². The van der Waals surface area contributed by atoms with Crippen LogP contribution < -0.4 is 5.32 Å². The summed E-state index contributed by atoms with van der Waals surface area (Å²) in [5, 5.41) is 6.38. The van der Waals surface area contributed by atoms with Gasteiger partial charge in [-0.25, -0.2) is 0 Å². The molecule has 0 bridgehead atoms.